The predicted octanol–water partition coefficient (Wildman–Crippen LogP) is 0.187. The van der Waals surface area contributed by atoms with Crippen LogP contribution in [0.15, 0.2) is 23.1 Å². The molecule has 2 saturated heterocycles. The van der Waals surface area contributed by atoms with Crippen molar-refractivity contribution in [2.24, 2.45) is 18.7 Å². The van der Waals surface area contributed by atoms with E-state index in [4.69, 9.17) is 5.73 Å². The SMILES string of the molecule is Cn1cc(C(=O)N2CC[C@@H]3[C@@H](CCC(=O)N3CCCN)C2)ccc1=O. The summed E-state index contributed by atoms with van der Waals surface area (Å²) < 4.78 is 1.42. The lowest BCUT2D eigenvalue weighted by Crippen LogP contribution is -2.57. The van der Waals surface area contributed by atoms with Crippen LogP contribution in [0.1, 0.15) is 36.0 Å². The molecule has 0 bridgehead atoms. The molecular formula is C18H26N4O3. The molecular weight excluding hydrogens is 320 g/mol. The third kappa shape index (κ3) is 3.61. The van der Waals surface area contributed by atoms with E-state index < -0.39 is 0 Å². The molecule has 2 atom stereocenters. The van der Waals surface area contributed by atoms with Crippen molar-refractivity contribution in [2.75, 3.05) is 26.2 Å². The largest absolute Gasteiger partial charge is 0.339 e. The second-order valence-electron chi connectivity index (χ2n) is 7.00. The Kier molecular flexibility index (Phi) is 5.22. The van der Waals surface area contributed by atoms with Crippen LogP contribution in [0.2, 0.25) is 0 Å². The molecule has 136 valence electrons. The maximum atomic E-state index is 12.8. The number of aromatic nitrogens is 1. The number of carbonyl (C=O) groups excluding carboxylic acids is 2. The summed E-state index contributed by atoms with van der Waals surface area (Å²) in [5, 5.41) is 0. The summed E-state index contributed by atoms with van der Waals surface area (Å²) in [4.78, 5) is 40.3. The smallest absolute Gasteiger partial charge is 0.255 e. The molecule has 3 heterocycles. The lowest BCUT2D eigenvalue weighted by atomic mass is 9.83. The Morgan fingerprint density at radius 3 is 2.80 bits per heavy atom. The van der Waals surface area contributed by atoms with Gasteiger partial charge in [-0.3, -0.25) is 14.4 Å². The Labute approximate surface area is 147 Å². The minimum absolute atomic E-state index is 0.0422. The van der Waals surface area contributed by atoms with Gasteiger partial charge in [0.15, 0.2) is 0 Å². The van der Waals surface area contributed by atoms with Crippen molar-refractivity contribution in [2.45, 2.75) is 31.7 Å². The van der Waals surface area contributed by atoms with Crippen LogP contribution in [-0.2, 0) is 11.8 Å². The minimum atomic E-state index is -0.128. The molecule has 2 aliphatic heterocycles. The molecule has 25 heavy (non-hydrogen) atoms. The van der Waals surface area contributed by atoms with E-state index in [0.29, 0.717) is 44.1 Å². The second-order valence-corrected chi connectivity index (χ2v) is 7.00. The molecule has 2 N–H and O–H groups in total. The molecule has 7 nitrogen and oxygen atoms in total. The number of likely N-dealkylation sites (tertiary alicyclic amines) is 2. The standard InChI is InChI=1S/C18H26N4O3/c1-20-11-14(4-5-16(20)23)18(25)21-10-7-15-13(12-21)3-6-17(24)22(15)9-2-8-19/h4-5,11,13,15H,2-3,6-10,12,19H2,1H3/t13-,15+/m0/s1. The van der Waals surface area contributed by atoms with Gasteiger partial charge in [0.25, 0.3) is 5.91 Å². The maximum Gasteiger partial charge on any atom is 0.255 e. The van der Waals surface area contributed by atoms with Gasteiger partial charge in [-0.05, 0) is 37.8 Å². The van der Waals surface area contributed by atoms with E-state index in [2.05, 4.69) is 0 Å². The van der Waals surface area contributed by atoms with E-state index in [-0.39, 0.29) is 23.4 Å². The molecule has 7 heteroatoms. The summed E-state index contributed by atoms with van der Waals surface area (Å²) in [6, 6.07) is 3.24. The number of fused-ring (bicyclic) bond motifs is 1. The Morgan fingerprint density at radius 1 is 1.28 bits per heavy atom. The fourth-order valence-corrected chi connectivity index (χ4v) is 3.99. The van der Waals surface area contributed by atoms with Crippen LogP contribution >= 0.6 is 0 Å². The van der Waals surface area contributed by atoms with Gasteiger partial charge in [0.2, 0.25) is 11.5 Å². The number of aryl methyl sites for hydroxylation is 1. The van der Waals surface area contributed by atoms with E-state index in [1.165, 1.54) is 10.6 Å². The minimum Gasteiger partial charge on any atom is -0.339 e. The second kappa shape index (κ2) is 7.39. The highest BCUT2D eigenvalue weighted by molar-refractivity contribution is 5.94. The molecule has 2 amide bonds. The first kappa shape index (κ1) is 17.7. The van der Waals surface area contributed by atoms with Gasteiger partial charge >= 0.3 is 0 Å². The van der Waals surface area contributed by atoms with Crippen molar-refractivity contribution in [3.8, 4) is 0 Å². The van der Waals surface area contributed by atoms with Crippen molar-refractivity contribution < 1.29 is 9.59 Å². The Hall–Kier alpha value is -2.15. The normalized spacial score (nSPS) is 23.5. The number of amides is 2. The molecule has 0 unspecified atom stereocenters. The van der Waals surface area contributed by atoms with Gasteiger partial charge in [0.1, 0.15) is 0 Å². The number of nitrogens with zero attached hydrogens (tertiary/aromatic N) is 3. The molecule has 0 radical (unpaired) electrons. The zero-order valence-corrected chi connectivity index (χ0v) is 14.7. The van der Waals surface area contributed by atoms with E-state index in [9.17, 15) is 14.4 Å². The van der Waals surface area contributed by atoms with E-state index in [1.807, 2.05) is 9.80 Å². The van der Waals surface area contributed by atoms with Crippen LogP contribution in [0.25, 0.3) is 0 Å². The van der Waals surface area contributed by atoms with E-state index >= 15 is 0 Å². The van der Waals surface area contributed by atoms with Crippen molar-refractivity contribution >= 4 is 11.8 Å². The molecule has 1 aromatic rings. The number of carbonyl (C=O) groups is 2. The monoisotopic (exact) mass is 346 g/mol. The summed E-state index contributed by atoms with van der Waals surface area (Å²) in [6.07, 6.45) is 4.59. The van der Waals surface area contributed by atoms with Gasteiger partial charge < -0.3 is 20.1 Å². The first-order chi connectivity index (χ1) is 12.0. The fourth-order valence-electron chi connectivity index (χ4n) is 3.99. The predicted molar refractivity (Wildman–Crippen MR) is 94.1 cm³/mol. The Bertz CT molecular complexity index is 715. The third-order valence-corrected chi connectivity index (χ3v) is 5.37. The average Bonchev–Trinajstić information content (AvgIpc) is 2.62. The highest BCUT2D eigenvalue weighted by Gasteiger charge is 2.40. The molecule has 0 aliphatic carbocycles. The lowest BCUT2D eigenvalue weighted by Gasteiger charge is -2.47. The highest BCUT2D eigenvalue weighted by Crippen LogP contribution is 2.31. The van der Waals surface area contributed by atoms with Crippen molar-refractivity contribution in [1.82, 2.24) is 14.4 Å². The summed E-state index contributed by atoms with van der Waals surface area (Å²) in [6.45, 7) is 2.59. The molecule has 1 aromatic heterocycles. The van der Waals surface area contributed by atoms with Crippen molar-refractivity contribution in [3.63, 3.8) is 0 Å². The van der Waals surface area contributed by atoms with Gasteiger partial charge in [-0.25, -0.2) is 0 Å². The average molecular weight is 346 g/mol. The zero-order valence-electron chi connectivity index (χ0n) is 14.7. The summed E-state index contributed by atoms with van der Waals surface area (Å²) in [5.41, 5.74) is 6.00. The van der Waals surface area contributed by atoms with Crippen LogP contribution in [0, 0.1) is 5.92 Å². The number of pyridine rings is 1. The topological polar surface area (TPSA) is 88.6 Å². The Morgan fingerprint density at radius 2 is 2.08 bits per heavy atom. The summed E-state index contributed by atoms with van der Waals surface area (Å²) >= 11 is 0. The number of piperidine rings is 2. The molecule has 0 saturated carbocycles. The molecule has 2 aliphatic rings. The third-order valence-electron chi connectivity index (χ3n) is 5.37. The Balaban J connectivity index is 1.70. The van der Waals surface area contributed by atoms with E-state index in [0.717, 1.165) is 19.3 Å². The molecule has 0 spiro atoms. The summed E-state index contributed by atoms with van der Waals surface area (Å²) in [5.74, 6) is 0.493. The zero-order chi connectivity index (χ0) is 18.0. The van der Waals surface area contributed by atoms with Gasteiger partial charge in [-0.2, -0.15) is 0 Å². The van der Waals surface area contributed by atoms with E-state index in [1.54, 1.807) is 19.3 Å². The van der Waals surface area contributed by atoms with Gasteiger partial charge in [0, 0.05) is 51.4 Å². The maximum absolute atomic E-state index is 12.8. The van der Waals surface area contributed by atoms with Crippen molar-refractivity contribution in [1.29, 1.82) is 0 Å². The number of nitrogens with two attached hydrogens (primary N) is 1. The van der Waals surface area contributed by atoms with Gasteiger partial charge in [-0.15, -0.1) is 0 Å². The first-order valence-corrected chi connectivity index (χ1v) is 8.96. The molecule has 0 aromatic carbocycles. The lowest BCUT2D eigenvalue weighted by molar-refractivity contribution is -0.140. The molecule has 3 rings (SSSR count). The van der Waals surface area contributed by atoms with Crippen molar-refractivity contribution in [3.05, 3.63) is 34.2 Å². The van der Waals surface area contributed by atoms with Crippen LogP contribution in [0.4, 0.5) is 0 Å². The number of hydrogen-bond donors (Lipinski definition) is 1. The van der Waals surface area contributed by atoms with Crippen LogP contribution in [-0.4, -0.2) is 58.4 Å². The molecule has 2 fully saturated rings. The van der Waals surface area contributed by atoms with Crippen LogP contribution < -0.4 is 11.3 Å². The number of hydrogen-bond acceptors (Lipinski definition) is 4. The quantitative estimate of drug-likeness (QED) is 0.843. The highest BCUT2D eigenvalue weighted by atomic mass is 16.2. The van der Waals surface area contributed by atoms with Gasteiger partial charge in [-0.1, -0.05) is 0 Å². The van der Waals surface area contributed by atoms with Crippen LogP contribution in [0.3, 0.4) is 0 Å². The van der Waals surface area contributed by atoms with Gasteiger partial charge in [0.05, 0.1) is 5.56 Å². The summed E-state index contributed by atoms with van der Waals surface area (Å²) in [7, 11) is 1.65. The fraction of sp³-hybridized carbons (Fsp3) is 0.611. The number of rotatable bonds is 4. The van der Waals surface area contributed by atoms with Crippen LogP contribution in [0.5, 0.6) is 0 Å². The first-order valence-electron chi connectivity index (χ1n) is 8.96.